The van der Waals surface area contributed by atoms with Crippen LogP contribution in [0, 0.1) is 0 Å². The molecule has 0 atom stereocenters. The second-order valence-corrected chi connectivity index (χ2v) is 4.71. The van der Waals surface area contributed by atoms with E-state index in [9.17, 15) is 4.79 Å². The lowest BCUT2D eigenvalue weighted by molar-refractivity contribution is 0.112. The summed E-state index contributed by atoms with van der Waals surface area (Å²) < 4.78 is 5.68. The summed E-state index contributed by atoms with van der Waals surface area (Å²) >= 11 is 1.36. The zero-order chi connectivity index (χ0) is 12.4. The van der Waals surface area contributed by atoms with Crippen molar-refractivity contribution in [3.63, 3.8) is 0 Å². The van der Waals surface area contributed by atoms with Gasteiger partial charge in [-0.15, -0.1) is 11.3 Å². The summed E-state index contributed by atoms with van der Waals surface area (Å²) in [5.74, 6) is 1.40. The van der Waals surface area contributed by atoms with Crippen LogP contribution < -0.4 is 4.74 Å². The van der Waals surface area contributed by atoms with E-state index in [1.165, 1.54) is 11.3 Å². The van der Waals surface area contributed by atoms with Crippen molar-refractivity contribution in [3.05, 3.63) is 52.9 Å². The summed E-state index contributed by atoms with van der Waals surface area (Å²) in [6, 6.07) is 11.4. The zero-order valence-electron chi connectivity index (χ0n) is 9.37. The van der Waals surface area contributed by atoms with Crippen molar-refractivity contribution in [3.8, 4) is 11.5 Å². The minimum Gasteiger partial charge on any atom is -0.456 e. The fourth-order valence-corrected chi connectivity index (χ4v) is 2.30. The first-order chi connectivity index (χ1) is 8.85. The maximum Gasteiger partial charge on any atom is 0.160 e. The van der Waals surface area contributed by atoms with Gasteiger partial charge in [0, 0.05) is 29.1 Å². The molecule has 0 spiro atoms. The number of nitrogens with zero attached hydrogens (tertiary/aromatic N) is 1. The first-order valence-electron chi connectivity index (χ1n) is 5.41. The molecule has 1 aromatic carbocycles. The van der Waals surface area contributed by atoms with Crippen molar-refractivity contribution in [2.24, 2.45) is 0 Å². The number of carbonyl (C=O) groups is 1. The Bertz CT molecular complexity index is 706. The van der Waals surface area contributed by atoms with Crippen molar-refractivity contribution >= 4 is 28.5 Å². The van der Waals surface area contributed by atoms with Crippen LogP contribution >= 0.6 is 11.3 Å². The van der Waals surface area contributed by atoms with Gasteiger partial charge in [-0.1, -0.05) is 6.07 Å². The van der Waals surface area contributed by atoms with E-state index < -0.39 is 0 Å². The molecule has 18 heavy (non-hydrogen) atoms. The summed E-state index contributed by atoms with van der Waals surface area (Å²) in [6.07, 6.45) is 2.57. The molecule has 3 aromatic rings. The second-order valence-electron chi connectivity index (χ2n) is 3.76. The van der Waals surface area contributed by atoms with Gasteiger partial charge < -0.3 is 4.74 Å². The van der Waals surface area contributed by atoms with E-state index >= 15 is 0 Å². The van der Waals surface area contributed by atoms with Gasteiger partial charge in [-0.25, -0.2) is 0 Å². The number of hydrogen-bond donors (Lipinski definition) is 0. The maximum atomic E-state index is 10.6. The molecule has 3 nitrogen and oxygen atoms in total. The molecular formula is C14H9NO2S. The average molecular weight is 255 g/mol. The number of carbonyl (C=O) groups excluding carboxylic acids is 1. The minimum absolute atomic E-state index is 0.656. The van der Waals surface area contributed by atoms with Gasteiger partial charge >= 0.3 is 0 Å². The Labute approximate surface area is 108 Å². The number of hydrogen-bond acceptors (Lipinski definition) is 4. The van der Waals surface area contributed by atoms with Gasteiger partial charge in [0.05, 0.1) is 10.4 Å². The molecule has 0 saturated heterocycles. The molecule has 0 aliphatic carbocycles. The van der Waals surface area contributed by atoms with Crippen molar-refractivity contribution in [1.82, 2.24) is 4.98 Å². The smallest absolute Gasteiger partial charge is 0.160 e. The van der Waals surface area contributed by atoms with Crippen molar-refractivity contribution < 1.29 is 9.53 Å². The molecule has 0 aliphatic heterocycles. The molecule has 0 fully saturated rings. The van der Waals surface area contributed by atoms with E-state index in [0.717, 1.165) is 22.9 Å². The summed E-state index contributed by atoms with van der Waals surface area (Å²) in [7, 11) is 0. The van der Waals surface area contributed by atoms with Crippen LogP contribution in [0.15, 0.2) is 48.0 Å². The van der Waals surface area contributed by atoms with Crippen LogP contribution in [-0.4, -0.2) is 11.3 Å². The molecule has 4 heteroatoms. The van der Waals surface area contributed by atoms with E-state index in [4.69, 9.17) is 4.74 Å². The average Bonchev–Trinajstić information content (AvgIpc) is 2.86. The molecule has 0 radical (unpaired) electrons. The maximum absolute atomic E-state index is 10.6. The first kappa shape index (κ1) is 10.9. The van der Waals surface area contributed by atoms with E-state index in [2.05, 4.69) is 4.98 Å². The largest absolute Gasteiger partial charge is 0.456 e. The predicted molar refractivity (Wildman–Crippen MR) is 71.5 cm³/mol. The number of aromatic nitrogens is 1. The SMILES string of the molecule is O=Cc1cc(Oc2ccc3cccnc3c2)cs1. The fraction of sp³-hybridized carbons (Fsp3) is 0. The molecule has 0 saturated carbocycles. The van der Waals surface area contributed by atoms with Gasteiger partial charge in [0.1, 0.15) is 11.5 Å². The molecule has 88 valence electrons. The minimum atomic E-state index is 0.656. The van der Waals surface area contributed by atoms with E-state index in [-0.39, 0.29) is 0 Å². The quantitative estimate of drug-likeness (QED) is 0.666. The van der Waals surface area contributed by atoms with Crippen LogP contribution in [0.2, 0.25) is 0 Å². The third kappa shape index (κ3) is 2.10. The Morgan fingerprint density at radius 2 is 2.11 bits per heavy atom. The highest BCUT2D eigenvalue weighted by molar-refractivity contribution is 7.11. The Kier molecular flexibility index (Phi) is 2.78. The van der Waals surface area contributed by atoms with Crippen LogP contribution in [0.3, 0.4) is 0 Å². The Morgan fingerprint density at radius 3 is 2.94 bits per heavy atom. The summed E-state index contributed by atoms with van der Waals surface area (Å²) in [4.78, 5) is 15.5. The number of ether oxygens (including phenoxy) is 1. The third-order valence-electron chi connectivity index (χ3n) is 2.52. The van der Waals surface area contributed by atoms with Crippen LogP contribution in [0.25, 0.3) is 10.9 Å². The van der Waals surface area contributed by atoms with Crippen LogP contribution in [0.1, 0.15) is 9.67 Å². The Balaban J connectivity index is 1.92. The summed E-state index contributed by atoms with van der Waals surface area (Å²) in [5.41, 5.74) is 0.890. The summed E-state index contributed by atoms with van der Waals surface area (Å²) in [6.45, 7) is 0. The Hall–Kier alpha value is -2.20. The highest BCUT2D eigenvalue weighted by Crippen LogP contribution is 2.27. The third-order valence-corrected chi connectivity index (χ3v) is 3.36. The molecular weight excluding hydrogens is 246 g/mol. The lowest BCUT2D eigenvalue weighted by Crippen LogP contribution is -1.83. The monoisotopic (exact) mass is 255 g/mol. The number of fused-ring (bicyclic) bond motifs is 1. The molecule has 0 bridgehead atoms. The normalized spacial score (nSPS) is 10.4. The number of pyridine rings is 1. The second kappa shape index (κ2) is 4.58. The molecule has 2 heterocycles. The fourth-order valence-electron chi connectivity index (χ4n) is 1.70. The van der Waals surface area contributed by atoms with Gasteiger partial charge in [0.15, 0.2) is 6.29 Å². The van der Waals surface area contributed by atoms with Crippen molar-refractivity contribution in [2.45, 2.75) is 0 Å². The molecule has 0 amide bonds. The van der Waals surface area contributed by atoms with Crippen LogP contribution in [-0.2, 0) is 0 Å². The van der Waals surface area contributed by atoms with Crippen LogP contribution in [0.5, 0.6) is 11.5 Å². The van der Waals surface area contributed by atoms with Crippen molar-refractivity contribution in [2.75, 3.05) is 0 Å². The van der Waals surface area contributed by atoms with E-state index in [0.29, 0.717) is 10.6 Å². The predicted octanol–water partition coefficient (Wildman–Crippen LogP) is 3.90. The first-order valence-corrected chi connectivity index (χ1v) is 6.29. The molecule has 0 unspecified atom stereocenters. The number of thiophene rings is 1. The number of rotatable bonds is 3. The van der Waals surface area contributed by atoms with Crippen molar-refractivity contribution in [1.29, 1.82) is 0 Å². The highest BCUT2D eigenvalue weighted by Gasteiger charge is 2.02. The van der Waals surface area contributed by atoms with Gasteiger partial charge in [0.2, 0.25) is 0 Å². The Morgan fingerprint density at radius 1 is 1.17 bits per heavy atom. The van der Waals surface area contributed by atoms with Gasteiger partial charge in [-0.05, 0) is 18.2 Å². The van der Waals surface area contributed by atoms with E-state index in [1.807, 2.05) is 35.7 Å². The molecule has 0 N–H and O–H groups in total. The molecule has 3 rings (SSSR count). The van der Waals surface area contributed by atoms with Gasteiger partial charge in [-0.2, -0.15) is 0 Å². The molecule has 0 aliphatic rings. The lowest BCUT2D eigenvalue weighted by atomic mass is 10.2. The molecule has 2 aromatic heterocycles. The number of aldehydes is 1. The summed E-state index contributed by atoms with van der Waals surface area (Å²) in [5, 5.41) is 2.88. The van der Waals surface area contributed by atoms with Crippen LogP contribution in [0.4, 0.5) is 0 Å². The highest BCUT2D eigenvalue weighted by atomic mass is 32.1. The van der Waals surface area contributed by atoms with E-state index in [1.54, 1.807) is 12.3 Å². The lowest BCUT2D eigenvalue weighted by Gasteiger charge is -2.04. The van der Waals surface area contributed by atoms with Gasteiger partial charge in [0.25, 0.3) is 0 Å². The number of benzene rings is 1. The topological polar surface area (TPSA) is 39.2 Å². The standard InChI is InChI=1S/C14H9NO2S/c16-8-13-6-12(9-18-13)17-11-4-3-10-2-1-5-15-14(10)7-11/h1-9H. The zero-order valence-corrected chi connectivity index (χ0v) is 10.2. The van der Waals surface area contributed by atoms with Gasteiger partial charge in [-0.3, -0.25) is 9.78 Å².